The van der Waals surface area contributed by atoms with Crippen LogP contribution >= 0.6 is 0 Å². The van der Waals surface area contributed by atoms with Crippen LogP contribution in [-0.4, -0.2) is 44.0 Å². The van der Waals surface area contributed by atoms with Gasteiger partial charge in [-0.05, 0) is 69.6 Å². The molecular formula is C31H39FN4O4. The molecule has 9 heteroatoms. The van der Waals surface area contributed by atoms with Gasteiger partial charge in [0.05, 0.1) is 29.8 Å². The standard InChI is InChI=1S/C31H39FN4O4/c1-19(2)31(38)39-18-36-27-15-22(32)17-33-28(27)34-29(36)26-11-7-8-14-35(26)30(37)25-16-23(40-20(3)4)12-13-24(25)21-9-5-6-10-21/h12-13,15-17,19-21,26H,5-11,14,18H2,1-4H3/t26-/m0/s1. The number of pyridine rings is 1. The molecule has 0 spiro atoms. The highest BCUT2D eigenvalue weighted by Gasteiger charge is 2.35. The summed E-state index contributed by atoms with van der Waals surface area (Å²) in [4.78, 5) is 37.6. The molecule has 3 heterocycles. The predicted molar refractivity (Wildman–Crippen MR) is 149 cm³/mol. The van der Waals surface area contributed by atoms with E-state index in [4.69, 9.17) is 14.5 Å². The molecule has 1 aliphatic carbocycles. The maximum Gasteiger partial charge on any atom is 0.310 e. The average Bonchev–Trinajstić information content (AvgIpc) is 3.59. The van der Waals surface area contributed by atoms with E-state index in [-0.39, 0.29) is 36.7 Å². The van der Waals surface area contributed by atoms with Crippen LogP contribution in [0, 0.1) is 11.7 Å². The number of benzene rings is 1. The first kappa shape index (κ1) is 28.1. The number of nitrogens with zero attached hydrogens (tertiary/aromatic N) is 4. The minimum atomic E-state index is -0.505. The molecule has 2 fully saturated rings. The fourth-order valence-electron chi connectivity index (χ4n) is 5.94. The minimum Gasteiger partial charge on any atom is -0.491 e. The zero-order valence-corrected chi connectivity index (χ0v) is 23.9. The van der Waals surface area contributed by atoms with E-state index in [1.165, 1.54) is 6.07 Å². The molecule has 2 aliphatic rings. The van der Waals surface area contributed by atoms with E-state index in [0.717, 1.165) is 50.3 Å². The Kier molecular flexibility index (Phi) is 8.38. The van der Waals surface area contributed by atoms with Crippen molar-refractivity contribution in [1.29, 1.82) is 0 Å². The number of rotatable bonds is 8. The number of hydrogen-bond donors (Lipinski definition) is 0. The van der Waals surface area contributed by atoms with Gasteiger partial charge in [-0.15, -0.1) is 0 Å². The molecule has 1 amide bonds. The van der Waals surface area contributed by atoms with E-state index in [1.807, 2.05) is 30.9 Å². The lowest BCUT2D eigenvalue weighted by atomic mass is 9.91. The summed E-state index contributed by atoms with van der Waals surface area (Å²) in [7, 11) is 0. The summed E-state index contributed by atoms with van der Waals surface area (Å²) >= 11 is 0. The Morgan fingerprint density at radius 2 is 1.80 bits per heavy atom. The molecule has 2 aromatic heterocycles. The lowest BCUT2D eigenvalue weighted by Gasteiger charge is -2.36. The largest absolute Gasteiger partial charge is 0.491 e. The molecule has 214 valence electrons. The Balaban J connectivity index is 1.55. The second-order valence-electron chi connectivity index (χ2n) is 11.5. The van der Waals surface area contributed by atoms with Crippen LogP contribution in [0.25, 0.3) is 11.2 Å². The fourth-order valence-corrected chi connectivity index (χ4v) is 5.94. The molecular weight excluding hydrogens is 511 g/mol. The lowest BCUT2D eigenvalue weighted by Crippen LogP contribution is -2.40. The number of carbonyl (C=O) groups is 2. The Bertz CT molecular complexity index is 1380. The number of hydrogen-bond acceptors (Lipinski definition) is 6. The van der Waals surface area contributed by atoms with E-state index in [1.54, 1.807) is 18.4 Å². The van der Waals surface area contributed by atoms with Crippen molar-refractivity contribution in [2.45, 2.75) is 97.4 Å². The van der Waals surface area contributed by atoms with Crippen LogP contribution in [0.1, 0.15) is 106 Å². The highest BCUT2D eigenvalue weighted by atomic mass is 19.1. The number of imidazole rings is 1. The van der Waals surface area contributed by atoms with Crippen LogP contribution in [0.5, 0.6) is 5.75 Å². The van der Waals surface area contributed by atoms with Gasteiger partial charge < -0.3 is 14.4 Å². The summed E-state index contributed by atoms with van der Waals surface area (Å²) in [6.07, 6.45) is 8.07. The SMILES string of the molecule is CC(C)Oc1ccc(C2CCCC2)c(C(=O)N2CCCC[C@H]2c2nc3ncc(F)cc3n2COC(=O)C(C)C)c1. The number of aromatic nitrogens is 3. The normalized spacial score (nSPS) is 18.2. The third kappa shape index (κ3) is 5.83. The number of ether oxygens (including phenoxy) is 2. The van der Waals surface area contributed by atoms with E-state index >= 15 is 0 Å². The first-order chi connectivity index (χ1) is 19.2. The summed E-state index contributed by atoms with van der Waals surface area (Å²) in [5, 5.41) is 0. The lowest BCUT2D eigenvalue weighted by molar-refractivity contribution is -0.151. The van der Waals surface area contributed by atoms with Gasteiger partial charge in [-0.2, -0.15) is 0 Å². The van der Waals surface area contributed by atoms with Crippen molar-refractivity contribution in [3.63, 3.8) is 0 Å². The van der Waals surface area contributed by atoms with Gasteiger partial charge in [0, 0.05) is 18.2 Å². The van der Waals surface area contributed by atoms with E-state index in [2.05, 4.69) is 11.1 Å². The third-order valence-corrected chi connectivity index (χ3v) is 7.89. The predicted octanol–water partition coefficient (Wildman–Crippen LogP) is 6.54. The first-order valence-corrected chi connectivity index (χ1v) is 14.5. The van der Waals surface area contributed by atoms with Crippen molar-refractivity contribution >= 4 is 23.0 Å². The van der Waals surface area contributed by atoms with Gasteiger partial charge in [0.2, 0.25) is 0 Å². The molecule has 8 nitrogen and oxygen atoms in total. The zero-order chi connectivity index (χ0) is 28.4. The fraction of sp³-hybridized carbons (Fsp3) is 0.548. The van der Waals surface area contributed by atoms with Crippen molar-refractivity contribution in [3.8, 4) is 5.75 Å². The molecule has 1 atom stereocenters. The van der Waals surface area contributed by atoms with Gasteiger partial charge in [-0.25, -0.2) is 14.4 Å². The molecule has 0 radical (unpaired) electrons. The summed E-state index contributed by atoms with van der Waals surface area (Å²) in [5.74, 6) is 0.346. The van der Waals surface area contributed by atoms with Crippen molar-refractivity contribution in [2.24, 2.45) is 5.92 Å². The molecule has 0 N–H and O–H groups in total. The number of carbonyl (C=O) groups excluding carboxylic acids is 2. The molecule has 0 bridgehead atoms. The van der Waals surface area contributed by atoms with Gasteiger partial charge in [-0.1, -0.05) is 32.8 Å². The molecule has 3 aromatic rings. The molecule has 1 aliphatic heterocycles. The minimum absolute atomic E-state index is 0.00984. The van der Waals surface area contributed by atoms with Crippen LogP contribution in [0.15, 0.2) is 30.5 Å². The monoisotopic (exact) mass is 550 g/mol. The summed E-state index contributed by atoms with van der Waals surface area (Å²) < 4.78 is 27.5. The van der Waals surface area contributed by atoms with Crippen LogP contribution < -0.4 is 4.74 Å². The number of esters is 1. The highest BCUT2D eigenvalue weighted by Crippen LogP contribution is 2.40. The number of piperidine rings is 1. The van der Waals surface area contributed by atoms with Gasteiger partial charge in [0.1, 0.15) is 17.4 Å². The maximum atomic E-state index is 14.4. The topological polar surface area (TPSA) is 86.6 Å². The Labute approximate surface area is 234 Å². The van der Waals surface area contributed by atoms with E-state index in [0.29, 0.717) is 47.2 Å². The number of fused-ring (bicyclic) bond motifs is 1. The second kappa shape index (κ2) is 11.9. The van der Waals surface area contributed by atoms with Crippen LogP contribution in [0.3, 0.4) is 0 Å². The Morgan fingerprint density at radius 1 is 1.05 bits per heavy atom. The molecule has 40 heavy (non-hydrogen) atoms. The summed E-state index contributed by atoms with van der Waals surface area (Å²) in [6.45, 7) is 7.91. The van der Waals surface area contributed by atoms with E-state index < -0.39 is 5.82 Å². The molecule has 5 rings (SSSR count). The van der Waals surface area contributed by atoms with Crippen molar-refractivity contribution in [1.82, 2.24) is 19.4 Å². The second-order valence-corrected chi connectivity index (χ2v) is 11.5. The van der Waals surface area contributed by atoms with Crippen LogP contribution in [0.4, 0.5) is 4.39 Å². The number of amides is 1. The molecule has 1 saturated heterocycles. The molecule has 1 saturated carbocycles. The van der Waals surface area contributed by atoms with Crippen molar-refractivity contribution in [3.05, 3.63) is 53.2 Å². The molecule has 1 aromatic carbocycles. The third-order valence-electron chi connectivity index (χ3n) is 7.89. The maximum absolute atomic E-state index is 14.4. The smallest absolute Gasteiger partial charge is 0.310 e. The Hall–Kier alpha value is -3.49. The first-order valence-electron chi connectivity index (χ1n) is 14.5. The van der Waals surface area contributed by atoms with Crippen LogP contribution in [0.2, 0.25) is 0 Å². The summed E-state index contributed by atoms with van der Waals surface area (Å²) in [6, 6.07) is 6.91. The van der Waals surface area contributed by atoms with Gasteiger partial charge >= 0.3 is 5.97 Å². The molecule has 0 unspecified atom stereocenters. The average molecular weight is 551 g/mol. The van der Waals surface area contributed by atoms with Crippen molar-refractivity contribution < 1.29 is 23.5 Å². The number of halogens is 1. The highest BCUT2D eigenvalue weighted by molar-refractivity contribution is 5.96. The van der Waals surface area contributed by atoms with Gasteiger partial charge in [0.15, 0.2) is 12.4 Å². The van der Waals surface area contributed by atoms with Gasteiger partial charge in [-0.3, -0.25) is 14.2 Å². The summed E-state index contributed by atoms with van der Waals surface area (Å²) in [5.41, 5.74) is 2.54. The van der Waals surface area contributed by atoms with Crippen LogP contribution in [-0.2, 0) is 16.3 Å². The van der Waals surface area contributed by atoms with E-state index in [9.17, 15) is 14.0 Å². The van der Waals surface area contributed by atoms with Crippen molar-refractivity contribution in [2.75, 3.05) is 6.54 Å². The number of likely N-dealkylation sites (tertiary alicyclic amines) is 1. The van der Waals surface area contributed by atoms with Gasteiger partial charge in [0.25, 0.3) is 5.91 Å². The zero-order valence-electron chi connectivity index (χ0n) is 23.9. The Morgan fingerprint density at radius 3 is 2.52 bits per heavy atom. The quantitative estimate of drug-likeness (QED) is 0.296.